The number of hydrogen-bond donors (Lipinski definition) is 1. The second-order valence-corrected chi connectivity index (χ2v) is 6.85. The number of carbonyl (C=O) groups excluding carboxylic acids is 2. The summed E-state index contributed by atoms with van der Waals surface area (Å²) >= 11 is 0. The summed E-state index contributed by atoms with van der Waals surface area (Å²) in [4.78, 5) is 27.4. The zero-order valence-corrected chi connectivity index (χ0v) is 17.2. The lowest BCUT2D eigenvalue weighted by molar-refractivity contribution is -0.140. The summed E-state index contributed by atoms with van der Waals surface area (Å²) < 4.78 is 5.18. The molecule has 0 spiro atoms. The van der Waals surface area contributed by atoms with Gasteiger partial charge in [0.15, 0.2) is 0 Å². The Morgan fingerprint density at radius 1 is 1.00 bits per heavy atom. The predicted octanol–water partition coefficient (Wildman–Crippen LogP) is 3.49. The van der Waals surface area contributed by atoms with Crippen LogP contribution in [0.3, 0.4) is 0 Å². The van der Waals surface area contributed by atoms with Crippen molar-refractivity contribution in [3.8, 4) is 5.75 Å². The highest BCUT2D eigenvalue weighted by molar-refractivity contribution is 5.88. The molecule has 2 amide bonds. The van der Waals surface area contributed by atoms with Gasteiger partial charge in [-0.2, -0.15) is 0 Å². The van der Waals surface area contributed by atoms with E-state index in [0.717, 1.165) is 22.4 Å². The fourth-order valence-corrected chi connectivity index (χ4v) is 3.12. The van der Waals surface area contributed by atoms with E-state index < -0.39 is 6.04 Å². The molecule has 0 heterocycles. The molecule has 2 rings (SSSR count). The molecule has 0 aliphatic rings. The molecule has 0 unspecified atom stereocenters. The van der Waals surface area contributed by atoms with E-state index in [1.807, 2.05) is 69.3 Å². The van der Waals surface area contributed by atoms with Crippen LogP contribution in [0, 0.1) is 6.92 Å². The first-order valence-corrected chi connectivity index (χ1v) is 9.74. The summed E-state index contributed by atoms with van der Waals surface area (Å²) in [5.41, 5.74) is 3.07. The maximum atomic E-state index is 13.2. The van der Waals surface area contributed by atoms with Crippen LogP contribution < -0.4 is 10.1 Å². The standard InChI is InChI=1S/C23H30N2O3/c1-5-21(23(27)24-6-2)25(16-19-9-7-17(3)8-10-19)22(26)15-18-11-13-20(28-4)14-12-18/h7-14,21H,5-6,15-16H2,1-4H3,(H,24,27)/t21-/m0/s1. The van der Waals surface area contributed by atoms with Gasteiger partial charge in [-0.25, -0.2) is 0 Å². The first kappa shape index (κ1) is 21.5. The second-order valence-electron chi connectivity index (χ2n) is 6.85. The molecule has 0 aliphatic heterocycles. The largest absolute Gasteiger partial charge is 0.497 e. The van der Waals surface area contributed by atoms with Gasteiger partial charge in [0.25, 0.3) is 0 Å². The Bertz CT molecular complexity index is 769. The van der Waals surface area contributed by atoms with Crippen LogP contribution in [-0.4, -0.2) is 36.4 Å². The maximum Gasteiger partial charge on any atom is 0.242 e. The number of nitrogens with zero attached hydrogens (tertiary/aromatic N) is 1. The number of nitrogens with one attached hydrogen (secondary N) is 1. The number of amides is 2. The van der Waals surface area contributed by atoms with E-state index in [4.69, 9.17) is 4.74 Å². The van der Waals surface area contributed by atoms with Gasteiger partial charge in [0.2, 0.25) is 11.8 Å². The topological polar surface area (TPSA) is 58.6 Å². The highest BCUT2D eigenvalue weighted by Gasteiger charge is 2.28. The Kier molecular flexibility index (Phi) is 8.05. The average Bonchev–Trinajstić information content (AvgIpc) is 2.70. The van der Waals surface area contributed by atoms with Gasteiger partial charge in [-0.15, -0.1) is 0 Å². The highest BCUT2D eigenvalue weighted by atomic mass is 16.5. The number of ether oxygens (including phenoxy) is 1. The number of rotatable bonds is 9. The number of methoxy groups -OCH3 is 1. The minimum atomic E-state index is -0.494. The van der Waals surface area contributed by atoms with E-state index in [1.54, 1.807) is 12.0 Å². The molecule has 0 aliphatic carbocycles. The Labute approximate surface area is 167 Å². The van der Waals surface area contributed by atoms with Crippen LogP contribution in [-0.2, 0) is 22.6 Å². The van der Waals surface area contributed by atoms with Crippen LogP contribution >= 0.6 is 0 Å². The lowest BCUT2D eigenvalue weighted by atomic mass is 10.1. The van der Waals surface area contributed by atoms with Crippen LogP contribution in [0.25, 0.3) is 0 Å². The van der Waals surface area contributed by atoms with Gasteiger partial charge in [0.05, 0.1) is 13.5 Å². The number of aryl methyl sites for hydroxylation is 1. The lowest BCUT2D eigenvalue weighted by Crippen LogP contribution is -2.49. The van der Waals surface area contributed by atoms with Crippen LogP contribution in [0.1, 0.15) is 37.0 Å². The maximum absolute atomic E-state index is 13.2. The van der Waals surface area contributed by atoms with Gasteiger partial charge in [-0.1, -0.05) is 48.9 Å². The molecule has 28 heavy (non-hydrogen) atoms. The van der Waals surface area contributed by atoms with Crippen molar-refractivity contribution in [2.24, 2.45) is 0 Å². The van der Waals surface area contributed by atoms with Crippen molar-refractivity contribution in [1.29, 1.82) is 0 Å². The van der Waals surface area contributed by atoms with Gasteiger partial charge in [-0.3, -0.25) is 9.59 Å². The molecule has 1 atom stereocenters. The third-order valence-corrected chi connectivity index (χ3v) is 4.72. The zero-order valence-electron chi connectivity index (χ0n) is 17.2. The van der Waals surface area contributed by atoms with E-state index in [1.165, 1.54) is 0 Å². The first-order chi connectivity index (χ1) is 13.5. The van der Waals surface area contributed by atoms with Crippen molar-refractivity contribution in [2.75, 3.05) is 13.7 Å². The van der Waals surface area contributed by atoms with E-state index in [9.17, 15) is 9.59 Å². The molecule has 1 N–H and O–H groups in total. The van der Waals surface area contributed by atoms with Crippen molar-refractivity contribution in [2.45, 2.75) is 46.2 Å². The molecule has 2 aromatic rings. The van der Waals surface area contributed by atoms with Crippen molar-refractivity contribution in [3.63, 3.8) is 0 Å². The fourth-order valence-electron chi connectivity index (χ4n) is 3.12. The summed E-state index contributed by atoms with van der Waals surface area (Å²) in [5.74, 6) is 0.575. The summed E-state index contributed by atoms with van der Waals surface area (Å²) in [7, 11) is 1.61. The summed E-state index contributed by atoms with van der Waals surface area (Å²) in [6.07, 6.45) is 0.803. The third kappa shape index (κ3) is 5.84. The molecular formula is C23H30N2O3. The van der Waals surface area contributed by atoms with Gasteiger partial charge in [-0.05, 0) is 43.5 Å². The normalized spacial score (nSPS) is 11.6. The van der Waals surface area contributed by atoms with E-state index in [0.29, 0.717) is 19.5 Å². The van der Waals surface area contributed by atoms with Gasteiger partial charge >= 0.3 is 0 Å². The molecular weight excluding hydrogens is 352 g/mol. The minimum absolute atomic E-state index is 0.0659. The minimum Gasteiger partial charge on any atom is -0.497 e. The van der Waals surface area contributed by atoms with Gasteiger partial charge in [0, 0.05) is 13.1 Å². The second kappa shape index (κ2) is 10.5. The number of carbonyl (C=O) groups is 2. The number of hydrogen-bond acceptors (Lipinski definition) is 3. The lowest BCUT2D eigenvalue weighted by Gasteiger charge is -2.30. The summed E-state index contributed by atoms with van der Waals surface area (Å²) in [6, 6.07) is 15.0. The monoisotopic (exact) mass is 382 g/mol. The van der Waals surface area contributed by atoms with Gasteiger partial charge in [0.1, 0.15) is 11.8 Å². The van der Waals surface area contributed by atoms with Crippen LogP contribution in [0.15, 0.2) is 48.5 Å². The molecule has 0 saturated carbocycles. The SMILES string of the molecule is CCNC(=O)[C@H](CC)N(Cc1ccc(C)cc1)C(=O)Cc1ccc(OC)cc1. The molecule has 0 fully saturated rings. The van der Waals surface area contributed by atoms with Crippen LogP contribution in [0.2, 0.25) is 0 Å². The smallest absolute Gasteiger partial charge is 0.242 e. The summed E-state index contributed by atoms with van der Waals surface area (Å²) in [6.45, 7) is 6.79. The molecule has 2 aromatic carbocycles. The third-order valence-electron chi connectivity index (χ3n) is 4.72. The Morgan fingerprint density at radius 3 is 2.14 bits per heavy atom. The first-order valence-electron chi connectivity index (χ1n) is 9.74. The molecule has 0 aromatic heterocycles. The Morgan fingerprint density at radius 2 is 1.61 bits per heavy atom. The van der Waals surface area contributed by atoms with Crippen molar-refractivity contribution < 1.29 is 14.3 Å². The van der Waals surface area contributed by atoms with E-state index in [-0.39, 0.29) is 18.2 Å². The predicted molar refractivity (Wildman–Crippen MR) is 111 cm³/mol. The summed E-state index contributed by atoms with van der Waals surface area (Å²) in [5, 5.41) is 2.86. The Balaban J connectivity index is 2.24. The van der Waals surface area contributed by atoms with E-state index >= 15 is 0 Å². The zero-order chi connectivity index (χ0) is 20.5. The van der Waals surface area contributed by atoms with Crippen molar-refractivity contribution in [3.05, 3.63) is 65.2 Å². The Hall–Kier alpha value is -2.82. The van der Waals surface area contributed by atoms with Crippen molar-refractivity contribution in [1.82, 2.24) is 10.2 Å². The van der Waals surface area contributed by atoms with Crippen LogP contribution in [0.4, 0.5) is 0 Å². The molecule has 5 nitrogen and oxygen atoms in total. The van der Waals surface area contributed by atoms with Gasteiger partial charge < -0.3 is 15.0 Å². The number of likely N-dealkylation sites (N-methyl/N-ethyl adjacent to an activating group) is 1. The molecule has 0 saturated heterocycles. The molecule has 5 heteroatoms. The average molecular weight is 383 g/mol. The molecule has 0 radical (unpaired) electrons. The van der Waals surface area contributed by atoms with Crippen molar-refractivity contribution >= 4 is 11.8 Å². The fraction of sp³-hybridized carbons (Fsp3) is 0.391. The van der Waals surface area contributed by atoms with Crippen LogP contribution in [0.5, 0.6) is 5.75 Å². The van der Waals surface area contributed by atoms with E-state index in [2.05, 4.69) is 5.32 Å². The molecule has 150 valence electrons. The number of benzene rings is 2. The highest BCUT2D eigenvalue weighted by Crippen LogP contribution is 2.17. The molecule has 0 bridgehead atoms. The quantitative estimate of drug-likeness (QED) is 0.722.